The number of nitrogens with one attached hydrogen (secondary N) is 2. The van der Waals surface area contributed by atoms with Gasteiger partial charge < -0.3 is 29.9 Å². The molecule has 1 atom stereocenters. The van der Waals surface area contributed by atoms with E-state index >= 15 is 0 Å². The van der Waals surface area contributed by atoms with Crippen molar-refractivity contribution < 1.29 is 23.9 Å². The first-order valence-corrected chi connectivity index (χ1v) is 17.4. The zero-order valence-corrected chi connectivity index (χ0v) is 29.5. The van der Waals surface area contributed by atoms with Crippen LogP contribution in [0.3, 0.4) is 0 Å². The van der Waals surface area contributed by atoms with Crippen molar-refractivity contribution in [3.05, 3.63) is 77.7 Å². The summed E-state index contributed by atoms with van der Waals surface area (Å²) >= 11 is 0. The molecule has 2 aromatic rings. The van der Waals surface area contributed by atoms with Crippen LogP contribution in [-0.2, 0) is 20.8 Å². The zero-order valence-electron chi connectivity index (χ0n) is 29.5. The molecule has 1 saturated heterocycles. The SMILES string of the molecule is C=C1C(C)=CC(c2cc(OC)c(CCCC(=O)NCCCN3CCN(c4ccc(NC5CCC(=O)CC5=O)cc4)CC3)c(OC)c2)=CN1C. The molecule has 0 bridgehead atoms. The standard InChI is InChI=1S/C39H51N5O5/c1-27-22-30(26-42(3)28(27)2)29-23-37(48-4)34(38(24-29)49-5)8-6-9-39(47)40-16-7-17-43-18-20-44(21-19-43)32-12-10-31(11-13-32)41-35-15-14-33(45)25-36(35)46/h10-13,22-24,26,35,41H,2,6-9,14-21,25H2,1,3-5H3,(H,40,47). The number of allylic oxidation sites excluding steroid dienone is 3. The fourth-order valence-electron chi connectivity index (χ4n) is 6.74. The van der Waals surface area contributed by atoms with Gasteiger partial charge in [0.05, 0.1) is 26.7 Å². The number of carbonyl (C=O) groups excluding carboxylic acids is 3. The predicted octanol–water partition coefficient (Wildman–Crippen LogP) is 5.20. The molecule has 2 fully saturated rings. The number of hydrogen-bond acceptors (Lipinski definition) is 9. The van der Waals surface area contributed by atoms with Crippen LogP contribution in [0.1, 0.15) is 56.6 Å². The summed E-state index contributed by atoms with van der Waals surface area (Å²) < 4.78 is 11.5. The smallest absolute Gasteiger partial charge is 0.220 e. The maximum atomic E-state index is 12.7. The lowest BCUT2D eigenvalue weighted by molar-refractivity contribution is -0.130. The third-order valence-corrected chi connectivity index (χ3v) is 9.75. The average Bonchev–Trinajstić information content (AvgIpc) is 3.10. The number of ether oxygens (including phenoxy) is 2. The zero-order chi connectivity index (χ0) is 34.9. The maximum Gasteiger partial charge on any atom is 0.220 e. The number of piperazine rings is 1. The topological polar surface area (TPSA) is 103 Å². The number of likely N-dealkylation sites (N-methyl/N-ethyl adjacent to an activating group) is 1. The summed E-state index contributed by atoms with van der Waals surface area (Å²) in [6.45, 7) is 11.6. The maximum absolute atomic E-state index is 12.7. The molecule has 5 rings (SSSR count). The van der Waals surface area contributed by atoms with Crippen LogP contribution < -0.4 is 25.0 Å². The Morgan fingerprint density at radius 1 is 1.00 bits per heavy atom. The van der Waals surface area contributed by atoms with Crippen LogP contribution in [0, 0.1) is 0 Å². The minimum atomic E-state index is -0.273. The molecule has 2 aromatic carbocycles. The Hall–Kier alpha value is -4.57. The van der Waals surface area contributed by atoms with Crippen molar-refractivity contribution in [2.45, 2.75) is 57.9 Å². The van der Waals surface area contributed by atoms with Gasteiger partial charge in [-0.05, 0) is 98.3 Å². The van der Waals surface area contributed by atoms with Crippen LogP contribution in [0.25, 0.3) is 5.57 Å². The summed E-state index contributed by atoms with van der Waals surface area (Å²) in [4.78, 5) is 43.2. The molecule has 1 saturated carbocycles. The van der Waals surface area contributed by atoms with E-state index in [0.29, 0.717) is 38.6 Å². The lowest BCUT2D eigenvalue weighted by Crippen LogP contribution is -2.47. The molecular weight excluding hydrogens is 618 g/mol. The van der Waals surface area contributed by atoms with Gasteiger partial charge >= 0.3 is 0 Å². The highest BCUT2D eigenvalue weighted by molar-refractivity contribution is 6.05. The second-order valence-corrected chi connectivity index (χ2v) is 13.2. The van der Waals surface area contributed by atoms with Gasteiger partial charge in [-0.2, -0.15) is 0 Å². The lowest BCUT2D eigenvalue weighted by Gasteiger charge is -2.36. The van der Waals surface area contributed by atoms with Gasteiger partial charge in [-0.15, -0.1) is 0 Å². The molecule has 262 valence electrons. The van der Waals surface area contributed by atoms with Gasteiger partial charge in [-0.1, -0.05) is 6.58 Å². The highest BCUT2D eigenvalue weighted by Gasteiger charge is 2.27. The Morgan fingerprint density at radius 2 is 1.69 bits per heavy atom. The van der Waals surface area contributed by atoms with Crippen LogP contribution in [0.4, 0.5) is 11.4 Å². The fraction of sp³-hybridized carbons (Fsp3) is 0.462. The predicted molar refractivity (Wildman–Crippen MR) is 195 cm³/mol. The molecule has 0 radical (unpaired) electrons. The summed E-state index contributed by atoms with van der Waals surface area (Å²) in [5.74, 6) is 1.61. The van der Waals surface area contributed by atoms with Crippen molar-refractivity contribution in [3.63, 3.8) is 0 Å². The van der Waals surface area contributed by atoms with E-state index in [1.54, 1.807) is 14.2 Å². The molecule has 10 heteroatoms. The monoisotopic (exact) mass is 669 g/mol. The van der Waals surface area contributed by atoms with E-state index in [4.69, 9.17) is 9.47 Å². The van der Waals surface area contributed by atoms with Crippen LogP contribution >= 0.6 is 0 Å². The molecule has 0 spiro atoms. The number of benzene rings is 2. The number of carbonyl (C=O) groups is 3. The fourth-order valence-corrected chi connectivity index (χ4v) is 6.74. The van der Waals surface area contributed by atoms with Gasteiger partial charge in [0.1, 0.15) is 17.3 Å². The molecule has 2 aliphatic heterocycles. The third kappa shape index (κ3) is 9.32. The highest BCUT2D eigenvalue weighted by Crippen LogP contribution is 2.37. The summed E-state index contributed by atoms with van der Waals surface area (Å²) in [7, 11) is 5.33. The van der Waals surface area contributed by atoms with Crippen molar-refractivity contribution in [2.75, 3.05) is 70.8 Å². The molecular formula is C39H51N5O5. The van der Waals surface area contributed by atoms with Crippen molar-refractivity contribution >= 4 is 34.4 Å². The number of amides is 1. The van der Waals surface area contributed by atoms with E-state index in [9.17, 15) is 14.4 Å². The van der Waals surface area contributed by atoms with Crippen LogP contribution in [0.15, 0.2) is 66.5 Å². The number of ketones is 2. The van der Waals surface area contributed by atoms with Crippen molar-refractivity contribution in [1.29, 1.82) is 0 Å². The summed E-state index contributed by atoms with van der Waals surface area (Å²) in [5, 5.41) is 6.39. The number of Topliss-reactive ketones (excluding diaryl/α,β-unsaturated/α-hetero) is 2. The Balaban J connectivity index is 0.997. The number of rotatable bonds is 14. The minimum Gasteiger partial charge on any atom is -0.496 e. The first-order chi connectivity index (χ1) is 23.6. The largest absolute Gasteiger partial charge is 0.496 e. The van der Waals surface area contributed by atoms with Crippen molar-refractivity contribution in [2.24, 2.45) is 0 Å². The molecule has 10 nitrogen and oxygen atoms in total. The quantitative estimate of drug-likeness (QED) is 0.208. The van der Waals surface area contributed by atoms with Crippen molar-refractivity contribution in [1.82, 2.24) is 15.1 Å². The lowest BCUT2D eigenvalue weighted by atomic mass is 9.93. The van der Waals surface area contributed by atoms with Crippen LogP contribution in [0.2, 0.25) is 0 Å². The summed E-state index contributed by atoms with van der Waals surface area (Å²) in [5.41, 5.74) is 7.20. The first kappa shape index (κ1) is 35.7. The normalized spacial score (nSPS) is 18.6. The van der Waals surface area contributed by atoms with Gasteiger partial charge in [-0.3, -0.25) is 19.3 Å². The van der Waals surface area contributed by atoms with Gasteiger partial charge in [0.2, 0.25) is 5.91 Å². The Morgan fingerprint density at radius 3 is 2.33 bits per heavy atom. The Bertz CT molecular complexity index is 1560. The molecule has 1 aliphatic carbocycles. The van der Waals surface area contributed by atoms with E-state index in [1.807, 2.05) is 36.2 Å². The average molecular weight is 670 g/mol. The second-order valence-electron chi connectivity index (χ2n) is 13.2. The molecule has 3 aliphatic rings. The molecule has 2 heterocycles. The first-order valence-electron chi connectivity index (χ1n) is 17.4. The molecule has 1 unspecified atom stereocenters. The molecule has 1 amide bonds. The van der Waals surface area contributed by atoms with Crippen LogP contribution in [-0.4, -0.2) is 93.9 Å². The number of methoxy groups -OCH3 is 2. The summed E-state index contributed by atoms with van der Waals surface area (Å²) in [6, 6.07) is 12.0. The second kappa shape index (κ2) is 16.7. The van der Waals surface area contributed by atoms with E-state index < -0.39 is 0 Å². The van der Waals surface area contributed by atoms with Gasteiger partial charge in [0.15, 0.2) is 5.78 Å². The molecule has 2 N–H and O–H groups in total. The van der Waals surface area contributed by atoms with E-state index in [2.05, 4.69) is 58.3 Å². The minimum absolute atomic E-state index is 0.0164. The molecule has 49 heavy (non-hydrogen) atoms. The van der Waals surface area contributed by atoms with E-state index in [0.717, 1.165) is 84.3 Å². The Kier molecular flexibility index (Phi) is 12.2. The highest BCUT2D eigenvalue weighted by atomic mass is 16.5. The van der Waals surface area contributed by atoms with Crippen molar-refractivity contribution in [3.8, 4) is 11.5 Å². The molecule has 0 aromatic heterocycles. The number of anilines is 2. The van der Waals surface area contributed by atoms with E-state index in [-0.39, 0.29) is 29.9 Å². The van der Waals surface area contributed by atoms with Crippen LogP contribution in [0.5, 0.6) is 11.5 Å². The third-order valence-electron chi connectivity index (χ3n) is 9.75. The van der Waals surface area contributed by atoms with E-state index in [1.165, 1.54) is 5.69 Å². The number of hydrogen-bond donors (Lipinski definition) is 2. The Labute approximate surface area is 290 Å². The summed E-state index contributed by atoms with van der Waals surface area (Å²) in [6.07, 6.45) is 7.98. The van der Waals surface area contributed by atoms with Gasteiger partial charge in [0, 0.05) is 81.4 Å². The van der Waals surface area contributed by atoms with Gasteiger partial charge in [-0.25, -0.2) is 0 Å². The number of nitrogens with zero attached hydrogens (tertiary/aromatic N) is 3. The van der Waals surface area contributed by atoms with Gasteiger partial charge in [0.25, 0.3) is 0 Å².